The van der Waals surface area contributed by atoms with Crippen LogP contribution in [0.25, 0.3) is 16.2 Å². The van der Waals surface area contributed by atoms with Crippen molar-refractivity contribution in [3.63, 3.8) is 0 Å². The van der Waals surface area contributed by atoms with Crippen LogP contribution in [-0.2, 0) is 9.53 Å². The van der Waals surface area contributed by atoms with Gasteiger partial charge in [0, 0.05) is 38.4 Å². The number of carbonyl (C=O) groups is 1. The molecule has 0 unspecified atom stereocenters. The minimum Gasteiger partial charge on any atom is -0.385 e. The van der Waals surface area contributed by atoms with Crippen molar-refractivity contribution in [1.29, 1.82) is 0 Å². The van der Waals surface area contributed by atoms with Crippen LogP contribution < -0.4 is 15.5 Å². The fourth-order valence-electron chi connectivity index (χ4n) is 3.14. The van der Waals surface area contributed by atoms with E-state index in [1.807, 2.05) is 22.5 Å². The highest BCUT2D eigenvalue weighted by molar-refractivity contribution is 7.20. The van der Waals surface area contributed by atoms with Gasteiger partial charge in [0.15, 0.2) is 5.82 Å². The number of benzene rings is 1. The molecule has 0 atom stereocenters. The summed E-state index contributed by atoms with van der Waals surface area (Å²) in [7, 11) is 3.52. The number of aryl methyl sites for hydroxylation is 1. The first kappa shape index (κ1) is 23.0. The maximum atomic E-state index is 12.2. The molecule has 1 amide bonds. The third kappa shape index (κ3) is 5.95. The Morgan fingerprint density at radius 3 is 2.77 bits per heavy atom. The van der Waals surface area contributed by atoms with Crippen molar-refractivity contribution in [3.05, 3.63) is 29.8 Å². The molecule has 9 heteroatoms. The molecule has 2 heterocycles. The molecule has 2 aromatic heterocycles. The SMILES string of the molecule is COCCCNC(=O)CN(C)c1nn2c(NC(C)(C)C)c(-c3cccc(C)c3)nc2s1. The number of nitrogens with one attached hydrogen (secondary N) is 2. The molecule has 1 aromatic carbocycles. The molecule has 3 aromatic rings. The van der Waals surface area contributed by atoms with E-state index >= 15 is 0 Å². The molecule has 31 heavy (non-hydrogen) atoms. The number of imidazole rings is 1. The normalized spacial score (nSPS) is 11.7. The van der Waals surface area contributed by atoms with E-state index in [9.17, 15) is 4.79 Å². The zero-order valence-electron chi connectivity index (χ0n) is 19.2. The molecular formula is C22H32N6O2S. The molecule has 0 saturated heterocycles. The van der Waals surface area contributed by atoms with Crippen LogP contribution in [0, 0.1) is 6.92 Å². The Bertz CT molecular complexity index is 1040. The lowest BCUT2D eigenvalue weighted by molar-refractivity contribution is -0.119. The highest BCUT2D eigenvalue weighted by Crippen LogP contribution is 2.34. The Kier molecular flexibility index (Phi) is 7.17. The van der Waals surface area contributed by atoms with Crippen molar-refractivity contribution in [2.45, 2.75) is 39.7 Å². The van der Waals surface area contributed by atoms with Crippen LogP contribution in [0.2, 0.25) is 0 Å². The fourth-order valence-corrected chi connectivity index (χ4v) is 4.00. The van der Waals surface area contributed by atoms with Gasteiger partial charge in [-0.1, -0.05) is 35.1 Å². The Morgan fingerprint density at radius 1 is 1.32 bits per heavy atom. The molecular weight excluding hydrogens is 412 g/mol. The summed E-state index contributed by atoms with van der Waals surface area (Å²) in [5.74, 6) is 0.813. The number of carbonyl (C=O) groups excluding carboxylic acids is 1. The highest BCUT2D eigenvalue weighted by atomic mass is 32.1. The largest absolute Gasteiger partial charge is 0.385 e. The number of fused-ring (bicyclic) bond motifs is 1. The lowest BCUT2D eigenvalue weighted by Crippen LogP contribution is -2.35. The monoisotopic (exact) mass is 444 g/mol. The number of anilines is 2. The predicted octanol–water partition coefficient (Wildman–Crippen LogP) is 3.57. The summed E-state index contributed by atoms with van der Waals surface area (Å²) in [6.45, 7) is 9.87. The molecule has 0 aliphatic rings. The molecule has 0 fully saturated rings. The maximum absolute atomic E-state index is 12.2. The van der Waals surface area contributed by atoms with E-state index in [1.54, 1.807) is 7.11 Å². The smallest absolute Gasteiger partial charge is 0.239 e. The van der Waals surface area contributed by atoms with Gasteiger partial charge in [-0.05, 0) is 40.2 Å². The van der Waals surface area contributed by atoms with Crippen molar-refractivity contribution in [2.24, 2.45) is 0 Å². The summed E-state index contributed by atoms with van der Waals surface area (Å²) in [6, 6.07) is 8.30. The average Bonchev–Trinajstić information content (AvgIpc) is 3.24. The lowest BCUT2D eigenvalue weighted by atomic mass is 10.1. The Labute approximate surface area is 187 Å². The van der Waals surface area contributed by atoms with E-state index in [4.69, 9.17) is 14.8 Å². The van der Waals surface area contributed by atoms with Gasteiger partial charge in [0.05, 0.1) is 6.54 Å². The minimum atomic E-state index is -0.160. The van der Waals surface area contributed by atoms with Gasteiger partial charge in [0.1, 0.15) is 5.69 Å². The topological polar surface area (TPSA) is 83.8 Å². The van der Waals surface area contributed by atoms with Crippen LogP contribution in [0.5, 0.6) is 0 Å². The molecule has 0 aliphatic heterocycles. The maximum Gasteiger partial charge on any atom is 0.239 e. The number of ether oxygens (including phenoxy) is 1. The number of likely N-dealkylation sites (N-methyl/N-ethyl adjacent to an activating group) is 1. The number of hydrogen-bond donors (Lipinski definition) is 2. The Morgan fingerprint density at radius 2 is 2.10 bits per heavy atom. The number of methoxy groups -OCH3 is 1. The van der Waals surface area contributed by atoms with Gasteiger partial charge in [0.2, 0.25) is 16.0 Å². The van der Waals surface area contributed by atoms with Gasteiger partial charge < -0.3 is 20.3 Å². The number of rotatable bonds is 9. The van der Waals surface area contributed by atoms with Crippen molar-refractivity contribution in [3.8, 4) is 11.3 Å². The molecule has 0 saturated carbocycles. The van der Waals surface area contributed by atoms with E-state index in [1.165, 1.54) is 16.9 Å². The third-order valence-corrected chi connectivity index (χ3v) is 5.56. The quantitative estimate of drug-likeness (QED) is 0.491. The van der Waals surface area contributed by atoms with Gasteiger partial charge in [0.25, 0.3) is 0 Å². The summed E-state index contributed by atoms with van der Waals surface area (Å²) >= 11 is 1.47. The van der Waals surface area contributed by atoms with Crippen LogP contribution in [0.15, 0.2) is 24.3 Å². The first-order valence-electron chi connectivity index (χ1n) is 10.4. The van der Waals surface area contributed by atoms with E-state index in [-0.39, 0.29) is 18.0 Å². The first-order valence-corrected chi connectivity index (χ1v) is 11.2. The second kappa shape index (κ2) is 9.65. The van der Waals surface area contributed by atoms with E-state index < -0.39 is 0 Å². The highest BCUT2D eigenvalue weighted by Gasteiger charge is 2.23. The summed E-state index contributed by atoms with van der Waals surface area (Å²) in [6.07, 6.45) is 0.792. The zero-order chi connectivity index (χ0) is 22.6. The molecule has 0 aliphatic carbocycles. The van der Waals surface area contributed by atoms with Crippen LogP contribution in [-0.4, -0.2) is 59.9 Å². The van der Waals surface area contributed by atoms with E-state index in [0.717, 1.165) is 33.6 Å². The Hall–Kier alpha value is -2.65. The second-order valence-corrected chi connectivity index (χ2v) is 9.62. The summed E-state index contributed by atoms with van der Waals surface area (Å²) in [5.41, 5.74) is 2.95. The Balaban J connectivity index is 1.85. The average molecular weight is 445 g/mol. The first-order chi connectivity index (χ1) is 14.7. The van der Waals surface area contributed by atoms with Crippen molar-refractivity contribution >= 4 is 33.2 Å². The number of nitrogens with zero attached hydrogens (tertiary/aromatic N) is 4. The molecule has 168 valence electrons. The number of hydrogen-bond acceptors (Lipinski definition) is 7. The van der Waals surface area contributed by atoms with Crippen LogP contribution in [0.3, 0.4) is 0 Å². The molecule has 2 N–H and O–H groups in total. The van der Waals surface area contributed by atoms with E-state index in [0.29, 0.717) is 13.2 Å². The van der Waals surface area contributed by atoms with Gasteiger partial charge in [-0.25, -0.2) is 4.98 Å². The third-order valence-electron chi connectivity index (χ3n) is 4.53. The minimum absolute atomic E-state index is 0.0417. The molecule has 3 rings (SSSR count). The number of aromatic nitrogens is 3. The lowest BCUT2D eigenvalue weighted by Gasteiger charge is -2.22. The molecule has 0 spiro atoms. The van der Waals surface area contributed by atoms with Crippen LogP contribution in [0.1, 0.15) is 32.8 Å². The summed E-state index contributed by atoms with van der Waals surface area (Å²) in [5, 5.41) is 12.0. The summed E-state index contributed by atoms with van der Waals surface area (Å²) in [4.78, 5) is 19.7. The second-order valence-electron chi connectivity index (χ2n) is 8.68. The van der Waals surface area contributed by atoms with E-state index in [2.05, 4.69) is 56.5 Å². The van der Waals surface area contributed by atoms with Crippen molar-refractivity contribution in [2.75, 3.05) is 44.1 Å². The molecule has 8 nitrogen and oxygen atoms in total. The van der Waals surface area contributed by atoms with Gasteiger partial charge in [-0.2, -0.15) is 4.52 Å². The van der Waals surface area contributed by atoms with Gasteiger partial charge in [-0.3, -0.25) is 4.79 Å². The van der Waals surface area contributed by atoms with Crippen molar-refractivity contribution < 1.29 is 9.53 Å². The molecule has 0 radical (unpaired) electrons. The van der Waals surface area contributed by atoms with Crippen molar-refractivity contribution in [1.82, 2.24) is 19.9 Å². The molecule has 0 bridgehead atoms. The van der Waals surface area contributed by atoms with Crippen LogP contribution >= 0.6 is 11.3 Å². The summed E-state index contributed by atoms with van der Waals surface area (Å²) < 4.78 is 6.85. The fraction of sp³-hybridized carbons (Fsp3) is 0.500. The zero-order valence-corrected chi connectivity index (χ0v) is 20.0. The van der Waals surface area contributed by atoms with Crippen LogP contribution in [0.4, 0.5) is 10.9 Å². The predicted molar refractivity (Wildman–Crippen MR) is 127 cm³/mol. The van der Waals surface area contributed by atoms with Gasteiger partial charge >= 0.3 is 0 Å². The standard InChI is InChI=1S/C22H32N6O2S/c1-15-9-7-10-16(13-15)18-19(25-22(2,3)4)28-20(24-18)31-21(26-28)27(5)14-17(29)23-11-8-12-30-6/h7,9-10,13,25H,8,11-12,14H2,1-6H3,(H,23,29). The van der Waals surface area contributed by atoms with Gasteiger partial charge in [-0.15, -0.1) is 5.10 Å². The number of amides is 1.